The van der Waals surface area contributed by atoms with E-state index in [0.717, 1.165) is 22.4 Å². The fourth-order valence-electron chi connectivity index (χ4n) is 2.07. The number of hydrogen-bond donors (Lipinski definition) is 5. The van der Waals surface area contributed by atoms with Crippen molar-refractivity contribution in [1.82, 2.24) is 4.98 Å². The molecule has 0 aliphatic rings. The Morgan fingerprint density at radius 3 is 2.45 bits per heavy atom. The summed E-state index contributed by atoms with van der Waals surface area (Å²) in [4.78, 5) is 3.92. The molecule has 8 N–H and O–H groups in total. The smallest absolute Gasteiger partial charge is 0.149 e. The maximum atomic E-state index is 7.34. The summed E-state index contributed by atoms with van der Waals surface area (Å²) in [5.41, 5.74) is 21.4. The monoisotopic (exact) mass is 300 g/mol. The highest BCUT2D eigenvalue weighted by Crippen LogP contribution is 2.25. The van der Waals surface area contributed by atoms with Crippen LogP contribution < -0.4 is 22.5 Å². The van der Waals surface area contributed by atoms with Crippen LogP contribution in [0.1, 0.15) is 30.5 Å². The van der Waals surface area contributed by atoms with Crippen LogP contribution in [-0.2, 0) is 6.42 Å². The standard InChI is InChI=1S/C14H18N6.C2H6/c1-19-11-5-8(2-3-9(11)7-15)4-10-6-12(16)20-14(18)13(10)17;1-2/h2-3,5-7,15,19H,4,17H2,1H3,(H4,16,18,20);1-2H3. The fraction of sp³-hybridized carbons (Fsp3) is 0.250. The molecular weight excluding hydrogens is 276 g/mol. The van der Waals surface area contributed by atoms with Gasteiger partial charge in [0.15, 0.2) is 0 Å². The van der Waals surface area contributed by atoms with Crippen molar-refractivity contribution >= 4 is 29.2 Å². The molecule has 2 aromatic rings. The second-order valence-electron chi connectivity index (χ2n) is 4.50. The third-order valence-electron chi connectivity index (χ3n) is 3.13. The number of benzene rings is 1. The Morgan fingerprint density at radius 1 is 1.18 bits per heavy atom. The van der Waals surface area contributed by atoms with E-state index in [4.69, 9.17) is 22.6 Å². The first-order valence-electron chi connectivity index (χ1n) is 7.16. The van der Waals surface area contributed by atoms with Gasteiger partial charge in [0.25, 0.3) is 0 Å². The Hall–Kier alpha value is -2.76. The van der Waals surface area contributed by atoms with Crippen LogP contribution in [0.3, 0.4) is 0 Å². The number of nitrogens with one attached hydrogen (secondary N) is 2. The van der Waals surface area contributed by atoms with Crippen molar-refractivity contribution in [2.45, 2.75) is 20.3 Å². The van der Waals surface area contributed by atoms with Gasteiger partial charge in [0, 0.05) is 24.5 Å². The predicted octanol–water partition coefficient (Wildman–Crippen LogP) is 2.48. The van der Waals surface area contributed by atoms with Crippen LogP contribution in [0.2, 0.25) is 0 Å². The molecule has 0 fully saturated rings. The Morgan fingerprint density at radius 2 is 1.86 bits per heavy atom. The van der Waals surface area contributed by atoms with Crippen molar-refractivity contribution < 1.29 is 0 Å². The van der Waals surface area contributed by atoms with Crippen molar-refractivity contribution in [3.63, 3.8) is 0 Å². The maximum Gasteiger partial charge on any atom is 0.149 e. The van der Waals surface area contributed by atoms with Gasteiger partial charge in [0.2, 0.25) is 0 Å². The van der Waals surface area contributed by atoms with Crippen molar-refractivity contribution in [2.75, 3.05) is 29.6 Å². The lowest BCUT2D eigenvalue weighted by atomic mass is 10.0. The average Bonchev–Trinajstić information content (AvgIpc) is 2.53. The van der Waals surface area contributed by atoms with Crippen LogP contribution in [0.15, 0.2) is 24.3 Å². The van der Waals surface area contributed by atoms with E-state index >= 15 is 0 Å². The molecule has 1 aromatic carbocycles. The number of nitrogen functional groups attached to an aromatic ring is 3. The highest BCUT2D eigenvalue weighted by Gasteiger charge is 2.08. The van der Waals surface area contributed by atoms with Crippen LogP contribution in [0.4, 0.5) is 23.0 Å². The lowest BCUT2D eigenvalue weighted by Crippen LogP contribution is -2.06. The van der Waals surface area contributed by atoms with Crippen molar-refractivity contribution in [1.29, 1.82) is 5.41 Å². The number of aromatic nitrogens is 1. The van der Waals surface area contributed by atoms with Crippen molar-refractivity contribution in [3.8, 4) is 0 Å². The molecule has 118 valence electrons. The van der Waals surface area contributed by atoms with Gasteiger partial charge in [-0.3, -0.25) is 0 Å². The molecule has 0 unspecified atom stereocenters. The quantitative estimate of drug-likeness (QED) is 0.554. The first-order valence-corrected chi connectivity index (χ1v) is 7.16. The molecule has 22 heavy (non-hydrogen) atoms. The van der Waals surface area contributed by atoms with E-state index in [1.807, 2.05) is 39.1 Å². The lowest BCUT2D eigenvalue weighted by molar-refractivity contribution is 1.17. The fourth-order valence-corrected chi connectivity index (χ4v) is 2.07. The minimum absolute atomic E-state index is 0.255. The molecular formula is C16H24N6. The molecule has 0 aliphatic carbocycles. The molecule has 6 nitrogen and oxygen atoms in total. The molecule has 0 amide bonds. The van der Waals surface area contributed by atoms with Crippen LogP contribution in [-0.4, -0.2) is 18.2 Å². The molecule has 0 saturated carbocycles. The zero-order chi connectivity index (χ0) is 16.7. The molecule has 0 atom stereocenters. The molecule has 0 aliphatic heterocycles. The molecule has 1 aromatic heterocycles. The number of pyridine rings is 1. The average molecular weight is 300 g/mol. The Balaban J connectivity index is 0.00000116. The molecule has 0 bridgehead atoms. The second kappa shape index (κ2) is 7.87. The van der Waals surface area contributed by atoms with E-state index in [0.29, 0.717) is 17.9 Å². The van der Waals surface area contributed by atoms with Gasteiger partial charge in [-0.05, 0) is 29.7 Å². The summed E-state index contributed by atoms with van der Waals surface area (Å²) < 4.78 is 0. The number of rotatable bonds is 4. The Bertz CT molecular complexity index is 651. The van der Waals surface area contributed by atoms with E-state index in [1.54, 1.807) is 6.07 Å². The van der Waals surface area contributed by atoms with Gasteiger partial charge in [-0.25, -0.2) is 4.98 Å². The topological polar surface area (TPSA) is 127 Å². The third-order valence-corrected chi connectivity index (χ3v) is 3.13. The molecule has 0 spiro atoms. The van der Waals surface area contributed by atoms with Gasteiger partial charge in [0.1, 0.15) is 11.6 Å². The van der Waals surface area contributed by atoms with Crippen molar-refractivity contribution in [3.05, 3.63) is 41.0 Å². The molecule has 2 rings (SSSR count). The van der Waals surface area contributed by atoms with Gasteiger partial charge >= 0.3 is 0 Å². The van der Waals surface area contributed by atoms with Gasteiger partial charge in [-0.15, -0.1) is 0 Å². The molecule has 0 radical (unpaired) electrons. The largest absolute Gasteiger partial charge is 0.396 e. The van der Waals surface area contributed by atoms with Gasteiger partial charge in [-0.1, -0.05) is 26.0 Å². The highest BCUT2D eigenvalue weighted by atomic mass is 14.9. The van der Waals surface area contributed by atoms with E-state index in [1.165, 1.54) is 6.21 Å². The minimum atomic E-state index is 0.255. The van der Waals surface area contributed by atoms with Gasteiger partial charge in [-0.2, -0.15) is 0 Å². The first-order chi connectivity index (χ1) is 10.5. The Labute approximate surface area is 131 Å². The highest BCUT2D eigenvalue weighted by molar-refractivity contribution is 5.86. The minimum Gasteiger partial charge on any atom is -0.396 e. The summed E-state index contributed by atoms with van der Waals surface area (Å²) in [5.74, 6) is 0.613. The zero-order valence-corrected chi connectivity index (χ0v) is 13.3. The molecule has 0 saturated heterocycles. The molecule has 6 heteroatoms. The van der Waals surface area contributed by atoms with E-state index < -0.39 is 0 Å². The summed E-state index contributed by atoms with van der Waals surface area (Å²) in [6.07, 6.45) is 1.92. The second-order valence-corrected chi connectivity index (χ2v) is 4.50. The predicted molar refractivity (Wildman–Crippen MR) is 95.5 cm³/mol. The summed E-state index contributed by atoms with van der Waals surface area (Å²) in [5, 5.41) is 10.4. The van der Waals surface area contributed by atoms with E-state index in [-0.39, 0.29) is 5.82 Å². The third kappa shape index (κ3) is 3.88. The van der Waals surface area contributed by atoms with Gasteiger partial charge in [0.05, 0.1) is 5.69 Å². The summed E-state index contributed by atoms with van der Waals surface area (Å²) in [7, 11) is 1.82. The SMILES string of the molecule is CC.CNc1cc(Cc2cc(N)nc(N)c2N)ccc1C=N. The van der Waals surface area contributed by atoms with Crippen LogP contribution in [0, 0.1) is 5.41 Å². The zero-order valence-electron chi connectivity index (χ0n) is 13.3. The Kier molecular flexibility index (Phi) is 6.19. The van der Waals surface area contributed by atoms with Crippen molar-refractivity contribution in [2.24, 2.45) is 0 Å². The first kappa shape index (κ1) is 17.3. The number of nitrogens with two attached hydrogens (primary N) is 3. The lowest BCUT2D eigenvalue weighted by Gasteiger charge is -2.11. The van der Waals surface area contributed by atoms with Crippen LogP contribution >= 0.6 is 0 Å². The maximum absolute atomic E-state index is 7.34. The van der Waals surface area contributed by atoms with E-state index in [2.05, 4.69) is 10.3 Å². The summed E-state index contributed by atoms with van der Waals surface area (Å²) in [6, 6.07) is 7.55. The van der Waals surface area contributed by atoms with E-state index in [9.17, 15) is 0 Å². The molecule has 1 heterocycles. The number of anilines is 4. The number of hydrogen-bond acceptors (Lipinski definition) is 6. The van der Waals surface area contributed by atoms with Crippen LogP contribution in [0.25, 0.3) is 0 Å². The summed E-state index contributed by atoms with van der Waals surface area (Å²) in [6.45, 7) is 4.00. The normalized spacial score (nSPS) is 9.59. The van der Waals surface area contributed by atoms with Crippen LogP contribution in [0.5, 0.6) is 0 Å². The number of nitrogens with zero attached hydrogens (tertiary/aromatic N) is 1. The van der Waals surface area contributed by atoms with Gasteiger partial charge < -0.3 is 27.9 Å². The summed E-state index contributed by atoms with van der Waals surface area (Å²) >= 11 is 0.